The van der Waals surface area contributed by atoms with Crippen molar-refractivity contribution in [2.75, 3.05) is 0 Å². The van der Waals surface area contributed by atoms with E-state index < -0.39 is 11.5 Å². The Hall–Kier alpha value is -1.29. The van der Waals surface area contributed by atoms with Gasteiger partial charge in [0, 0.05) is 0 Å². The zero-order valence-corrected chi connectivity index (χ0v) is 10.9. The predicted molar refractivity (Wildman–Crippen MR) is 65.8 cm³/mol. The molecule has 1 aromatic rings. The molecule has 0 radical (unpaired) electrons. The van der Waals surface area contributed by atoms with Crippen LogP contribution in [0, 0.1) is 12.8 Å². The molecule has 17 heavy (non-hydrogen) atoms. The average molecular weight is 239 g/mol. The van der Waals surface area contributed by atoms with E-state index >= 15 is 0 Å². The Morgan fingerprint density at radius 1 is 1.53 bits per heavy atom. The fourth-order valence-corrected chi connectivity index (χ4v) is 1.91. The van der Waals surface area contributed by atoms with Crippen LogP contribution >= 0.6 is 0 Å². The Balaban J connectivity index is 2.64. The summed E-state index contributed by atoms with van der Waals surface area (Å²) in [7, 11) is 0. The maximum absolute atomic E-state index is 11.3. The molecule has 2 N–H and O–H groups in total. The second kappa shape index (κ2) is 5.36. The molecule has 4 nitrogen and oxygen atoms in total. The Morgan fingerprint density at radius 3 is 2.59 bits per heavy atom. The van der Waals surface area contributed by atoms with Crippen molar-refractivity contribution in [3.8, 4) is 0 Å². The smallest absolute Gasteiger partial charge is 0.323 e. The van der Waals surface area contributed by atoms with Gasteiger partial charge in [0.1, 0.15) is 17.1 Å². The summed E-state index contributed by atoms with van der Waals surface area (Å²) >= 11 is 0. The molecule has 0 saturated carbocycles. The van der Waals surface area contributed by atoms with Gasteiger partial charge < -0.3 is 9.52 Å². The van der Waals surface area contributed by atoms with Gasteiger partial charge in [-0.05, 0) is 38.3 Å². The van der Waals surface area contributed by atoms with Crippen molar-refractivity contribution in [3.05, 3.63) is 23.7 Å². The van der Waals surface area contributed by atoms with Gasteiger partial charge in [-0.15, -0.1) is 0 Å². The molecule has 0 aromatic carbocycles. The highest BCUT2D eigenvalue weighted by Crippen LogP contribution is 2.18. The van der Waals surface area contributed by atoms with E-state index in [1.54, 1.807) is 6.92 Å². The molecular formula is C13H21NO3. The minimum Gasteiger partial charge on any atom is -0.480 e. The molecule has 1 atom stereocenters. The van der Waals surface area contributed by atoms with Crippen molar-refractivity contribution >= 4 is 5.97 Å². The van der Waals surface area contributed by atoms with Crippen LogP contribution in [0.5, 0.6) is 0 Å². The highest BCUT2D eigenvalue weighted by molar-refractivity contribution is 5.78. The molecule has 1 aromatic heterocycles. The molecule has 0 aliphatic rings. The first-order valence-corrected chi connectivity index (χ1v) is 5.87. The highest BCUT2D eigenvalue weighted by atomic mass is 16.4. The average Bonchev–Trinajstić information content (AvgIpc) is 2.60. The maximum atomic E-state index is 11.3. The Kier molecular flexibility index (Phi) is 4.34. The van der Waals surface area contributed by atoms with Crippen molar-refractivity contribution < 1.29 is 14.3 Å². The molecule has 0 aliphatic heterocycles. The predicted octanol–water partition coefficient (Wildman–Crippen LogP) is 2.57. The normalized spacial score (nSPS) is 14.9. The summed E-state index contributed by atoms with van der Waals surface area (Å²) in [5.41, 5.74) is -0.908. The van der Waals surface area contributed by atoms with Gasteiger partial charge in [0.2, 0.25) is 0 Å². The Bertz CT molecular complexity index is 384. The molecule has 0 fully saturated rings. The highest BCUT2D eigenvalue weighted by Gasteiger charge is 2.33. The molecule has 0 bridgehead atoms. The van der Waals surface area contributed by atoms with Gasteiger partial charge in [0.05, 0.1) is 6.54 Å². The van der Waals surface area contributed by atoms with E-state index in [-0.39, 0.29) is 0 Å². The van der Waals surface area contributed by atoms with Crippen LogP contribution < -0.4 is 5.32 Å². The standard InChI is InChI=1S/C13H21NO3/c1-9(2)7-13(4,12(15)16)14-8-11-6-5-10(3)17-11/h5-6,9,14H,7-8H2,1-4H3,(H,15,16). The molecule has 0 spiro atoms. The lowest BCUT2D eigenvalue weighted by molar-refractivity contribution is -0.145. The second-order valence-electron chi connectivity index (χ2n) is 5.10. The molecule has 1 rings (SSSR count). The van der Waals surface area contributed by atoms with Crippen molar-refractivity contribution in [1.29, 1.82) is 0 Å². The minimum absolute atomic E-state index is 0.321. The quantitative estimate of drug-likeness (QED) is 0.801. The van der Waals surface area contributed by atoms with E-state index in [1.165, 1.54) is 0 Å². The molecule has 0 saturated heterocycles. The monoisotopic (exact) mass is 239 g/mol. The molecule has 1 heterocycles. The summed E-state index contributed by atoms with van der Waals surface area (Å²) in [6.07, 6.45) is 0.585. The molecular weight excluding hydrogens is 218 g/mol. The number of furan rings is 1. The number of aryl methyl sites for hydroxylation is 1. The van der Waals surface area contributed by atoms with Gasteiger partial charge >= 0.3 is 5.97 Å². The Labute approximate surface area is 102 Å². The lowest BCUT2D eigenvalue weighted by Crippen LogP contribution is -2.49. The van der Waals surface area contributed by atoms with E-state index in [2.05, 4.69) is 5.32 Å². The molecule has 0 amide bonds. The van der Waals surface area contributed by atoms with Crippen LogP contribution in [0.3, 0.4) is 0 Å². The van der Waals surface area contributed by atoms with Crippen LogP contribution in [-0.4, -0.2) is 16.6 Å². The number of hydrogen-bond donors (Lipinski definition) is 2. The topological polar surface area (TPSA) is 62.5 Å². The first-order chi connectivity index (χ1) is 7.83. The summed E-state index contributed by atoms with van der Waals surface area (Å²) in [4.78, 5) is 11.3. The third-order valence-corrected chi connectivity index (χ3v) is 2.74. The zero-order chi connectivity index (χ0) is 13.1. The van der Waals surface area contributed by atoms with Crippen LogP contribution in [0.2, 0.25) is 0 Å². The van der Waals surface area contributed by atoms with Crippen LogP contribution in [0.25, 0.3) is 0 Å². The van der Waals surface area contributed by atoms with E-state index in [4.69, 9.17) is 4.42 Å². The number of nitrogens with one attached hydrogen (secondary N) is 1. The fourth-order valence-electron chi connectivity index (χ4n) is 1.91. The van der Waals surface area contributed by atoms with Crippen LogP contribution in [-0.2, 0) is 11.3 Å². The van der Waals surface area contributed by atoms with Gasteiger partial charge in [-0.25, -0.2) is 0 Å². The summed E-state index contributed by atoms with van der Waals surface area (Å²) in [6.45, 7) is 8.04. The maximum Gasteiger partial charge on any atom is 0.323 e. The fraction of sp³-hybridized carbons (Fsp3) is 0.615. The Morgan fingerprint density at radius 2 is 2.18 bits per heavy atom. The molecule has 4 heteroatoms. The number of hydrogen-bond acceptors (Lipinski definition) is 3. The summed E-state index contributed by atoms with van der Waals surface area (Å²) in [6, 6.07) is 3.73. The summed E-state index contributed by atoms with van der Waals surface area (Å²) in [5, 5.41) is 12.3. The van der Waals surface area contributed by atoms with E-state index in [9.17, 15) is 9.90 Å². The van der Waals surface area contributed by atoms with Crippen LogP contribution in [0.1, 0.15) is 38.7 Å². The third kappa shape index (κ3) is 3.89. The van der Waals surface area contributed by atoms with Gasteiger partial charge in [0.15, 0.2) is 0 Å². The third-order valence-electron chi connectivity index (χ3n) is 2.74. The lowest BCUT2D eigenvalue weighted by Gasteiger charge is -2.27. The molecule has 0 aliphatic carbocycles. The van der Waals surface area contributed by atoms with Gasteiger partial charge in [-0.3, -0.25) is 10.1 Å². The van der Waals surface area contributed by atoms with Crippen molar-refractivity contribution in [2.45, 2.75) is 46.2 Å². The van der Waals surface area contributed by atoms with Crippen molar-refractivity contribution in [2.24, 2.45) is 5.92 Å². The SMILES string of the molecule is Cc1ccc(CNC(C)(CC(C)C)C(=O)O)o1. The second-order valence-corrected chi connectivity index (χ2v) is 5.10. The summed E-state index contributed by atoms with van der Waals surface area (Å²) in [5.74, 6) is 1.10. The number of carboxylic acid groups (broad SMARTS) is 1. The number of rotatable bonds is 6. The number of carboxylic acids is 1. The van der Waals surface area contributed by atoms with Gasteiger partial charge in [-0.1, -0.05) is 13.8 Å². The van der Waals surface area contributed by atoms with Crippen LogP contribution in [0.4, 0.5) is 0 Å². The number of carbonyl (C=O) groups is 1. The number of aliphatic carboxylic acids is 1. The van der Waals surface area contributed by atoms with Crippen molar-refractivity contribution in [3.63, 3.8) is 0 Å². The van der Waals surface area contributed by atoms with Gasteiger partial charge in [0.25, 0.3) is 0 Å². The largest absolute Gasteiger partial charge is 0.480 e. The first-order valence-electron chi connectivity index (χ1n) is 5.87. The lowest BCUT2D eigenvalue weighted by atomic mass is 9.91. The van der Waals surface area contributed by atoms with Crippen molar-refractivity contribution in [1.82, 2.24) is 5.32 Å². The van der Waals surface area contributed by atoms with E-state index in [0.717, 1.165) is 11.5 Å². The van der Waals surface area contributed by atoms with E-state index in [1.807, 2.05) is 32.9 Å². The molecule has 1 unspecified atom stereocenters. The first kappa shape index (κ1) is 13.8. The summed E-state index contributed by atoms with van der Waals surface area (Å²) < 4.78 is 5.41. The molecule has 96 valence electrons. The van der Waals surface area contributed by atoms with Gasteiger partial charge in [-0.2, -0.15) is 0 Å². The zero-order valence-electron chi connectivity index (χ0n) is 10.9. The van der Waals surface area contributed by atoms with Crippen LogP contribution in [0.15, 0.2) is 16.5 Å². The van der Waals surface area contributed by atoms with E-state index in [0.29, 0.717) is 18.9 Å². The minimum atomic E-state index is -0.908.